The van der Waals surface area contributed by atoms with Crippen molar-refractivity contribution in [3.05, 3.63) is 10.1 Å². The van der Waals surface area contributed by atoms with Gasteiger partial charge in [0.25, 0.3) is 5.09 Å². The van der Waals surface area contributed by atoms with Gasteiger partial charge in [0, 0.05) is 26.2 Å². The Morgan fingerprint density at radius 1 is 1.29 bits per heavy atom. The van der Waals surface area contributed by atoms with Gasteiger partial charge in [0.2, 0.25) is 0 Å². The van der Waals surface area contributed by atoms with E-state index in [0.717, 1.165) is 45.5 Å². The highest BCUT2D eigenvalue weighted by Crippen LogP contribution is 2.36. The topological polar surface area (TPSA) is 64.8 Å². The predicted octanol–water partition coefficient (Wildman–Crippen LogP) is 3.07. The van der Waals surface area contributed by atoms with E-state index in [1.165, 1.54) is 0 Å². The van der Waals surface area contributed by atoms with Crippen molar-refractivity contribution in [2.24, 2.45) is 0 Å². The number of nitrogens with zero attached hydrogens (tertiary/aromatic N) is 2. The van der Waals surface area contributed by atoms with Crippen molar-refractivity contribution in [3.8, 4) is 0 Å². The van der Waals surface area contributed by atoms with Crippen molar-refractivity contribution >= 4 is 8.32 Å². The van der Waals surface area contributed by atoms with Crippen LogP contribution in [0.15, 0.2) is 0 Å². The Morgan fingerprint density at radius 2 is 1.86 bits per heavy atom. The average Bonchev–Trinajstić information content (AvgIpc) is 2.34. The van der Waals surface area contributed by atoms with Crippen molar-refractivity contribution in [3.63, 3.8) is 0 Å². The first-order valence-electron chi connectivity index (χ1n) is 7.79. The van der Waals surface area contributed by atoms with Crippen LogP contribution in [0.1, 0.15) is 40.0 Å². The minimum atomic E-state index is -1.63. The predicted molar refractivity (Wildman–Crippen MR) is 85.3 cm³/mol. The maximum Gasteiger partial charge on any atom is 0.294 e. The monoisotopic (exact) mass is 318 g/mol. The molecule has 1 aliphatic rings. The molecule has 1 heterocycles. The summed E-state index contributed by atoms with van der Waals surface area (Å²) in [6.07, 6.45) is 2.28. The van der Waals surface area contributed by atoms with Crippen LogP contribution in [0.2, 0.25) is 18.1 Å². The fourth-order valence-corrected chi connectivity index (χ4v) is 3.28. The Bertz CT molecular complexity index is 336. The molecule has 21 heavy (non-hydrogen) atoms. The second-order valence-corrected chi connectivity index (χ2v) is 12.1. The highest BCUT2D eigenvalue weighted by molar-refractivity contribution is 6.74. The summed E-state index contributed by atoms with van der Waals surface area (Å²) in [5.41, 5.74) is 0. The van der Waals surface area contributed by atoms with Gasteiger partial charge >= 0.3 is 0 Å². The highest BCUT2D eigenvalue weighted by atomic mass is 28.4. The van der Waals surface area contributed by atoms with E-state index in [9.17, 15) is 10.1 Å². The lowest BCUT2D eigenvalue weighted by Gasteiger charge is -2.36. The normalized spacial score (nSPS) is 18.7. The third-order valence-corrected chi connectivity index (χ3v) is 9.20. The van der Waals surface area contributed by atoms with Crippen LogP contribution in [0, 0.1) is 10.1 Å². The first-order chi connectivity index (χ1) is 9.62. The molecule has 1 fully saturated rings. The zero-order valence-electron chi connectivity index (χ0n) is 14.1. The van der Waals surface area contributed by atoms with E-state index in [4.69, 9.17) is 4.43 Å². The van der Waals surface area contributed by atoms with Gasteiger partial charge in [-0.2, -0.15) is 0 Å². The largest absolute Gasteiger partial charge is 0.417 e. The van der Waals surface area contributed by atoms with Crippen LogP contribution in [0.5, 0.6) is 0 Å². The Hall–Kier alpha value is -0.663. The van der Waals surface area contributed by atoms with Crippen LogP contribution in [-0.4, -0.2) is 50.6 Å². The van der Waals surface area contributed by atoms with Gasteiger partial charge in [0.05, 0.1) is 0 Å². The molecule has 0 spiro atoms. The molecule has 0 amide bonds. The summed E-state index contributed by atoms with van der Waals surface area (Å²) in [5.74, 6) is 0. The van der Waals surface area contributed by atoms with Crippen molar-refractivity contribution < 1.29 is 14.4 Å². The third-order valence-electron chi connectivity index (χ3n) is 4.66. The third kappa shape index (κ3) is 6.32. The SMILES string of the molecule is CC(C)(C)[Si](C)(C)OCCCN1CCC(O[N+](=O)[O-])CC1. The minimum absolute atomic E-state index is 0.222. The van der Waals surface area contributed by atoms with Crippen LogP contribution < -0.4 is 0 Å². The molecule has 0 atom stereocenters. The number of likely N-dealkylation sites (tertiary alicyclic amines) is 1. The molecule has 7 heteroatoms. The number of hydrogen-bond acceptors (Lipinski definition) is 5. The Balaban J connectivity index is 2.16. The van der Waals surface area contributed by atoms with Gasteiger partial charge in [-0.05, 0) is 37.4 Å². The molecule has 0 bridgehead atoms. The molecule has 0 aromatic carbocycles. The van der Waals surface area contributed by atoms with Gasteiger partial charge in [-0.15, -0.1) is 10.1 Å². The molecule has 1 aliphatic heterocycles. The summed E-state index contributed by atoms with van der Waals surface area (Å²) in [6, 6.07) is 0. The molecule has 0 aromatic rings. The van der Waals surface area contributed by atoms with E-state index < -0.39 is 13.4 Å². The molecular formula is C14H30N2O4Si. The summed E-state index contributed by atoms with van der Waals surface area (Å²) in [5, 5.41) is 9.87. The molecule has 0 saturated carbocycles. The van der Waals surface area contributed by atoms with E-state index >= 15 is 0 Å². The van der Waals surface area contributed by atoms with E-state index in [-0.39, 0.29) is 11.1 Å². The smallest absolute Gasteiger partial charge is 0.294 e. The molecule has 0 aliphatic carbocycles. The number of rotatable bonds is 7. The second kappa shape index (κ2) is 7.55. The van der Waals surface area contributed by atoms with Crippen LogP contribution in [0.3, 0.4) is 0 Å². The Morgan fingerprint density at radius 3 is 2.33 bits per heavy atom. The van der Waals surface area contributed by atoms with Gasteiger partial charge < -0.3 is 14.2 Å². The zero-order chi connectivity index (χ0) is 16.1. The van der Waals surface area contributed by atoms with Crippen LogP contribution >= 0.6 is 0 Å². The number of piperidine rings is 1. The summed E-state index contributed by atoms with van der Waals surface area (Å²) in [4.78, 5) is 17.3. The quantitative estimate of drug-likeness (QED) is 0.312. The van der Waals surface area contributed by atoms with Crippen LogP contribution in [0.4, 0.5) is 0 Å². The van der Waals surface area contributed by atoms with Crippen LogP contribution in [-0.2, 0) is 9.26 Å². The first-order valence-corrected chi connectivity index (χ1v) is 10.7. The summed E-state index contributed by atoms with van der Waals surface area (Å²) in [6.45, 7) is 14.8. The lowest BCUT2D eigenvalue weighted by molar-refractivity contribution is -0.769. The molecule has 0 unspecified atom stereocenters. The molecule has 6 nitrogen and oxygen atoms in total. The van der Waals surface area contributed by atoms with Crippen molar-refractivity contribution in [1.82, 2.24) is 4.90 Å². The van der Waals surface area contributed by atoms with Crippen molar-refractivity contribution in [2.45, 2.75) is 64.3 Å². The maximum atomic E-state index is 10.3. The Labute approximate surface area is 129 Å². The minimum Gasteiger partial charge on any atom is -0.417 e. The van der Waals surface area contributed by atoms with E-state index in [1.807, 2.05) is 0 Å². The zero-order valence-corrected chi connectivity index (χ0v) is 15.1. The first kappa shape index (κ1) is 18.4. The molecule has 0 radical (unpaired) electrons. The van der Waals surface area contributed by atoms with Gasteiger partial charge in [0.1, 0.15) is 6.10 Å². The lowest BCUT2D eigenvalue weighted by Crippen LogP contribution is -2.42. The van der Waals surface area contributed by atoms with Crippen molar-refractivity contribution in [1.29, 1.82) is 0 Å². The molecule has 1 rings (SSSR count). The summed E-state index contributed by atoms with van der Waals surface area (Å²) in [7, 11) is -1.63. The van der Waals surface area contributed by atoms with Gasteiger partial charge in [-0.3, -0.25) is 0 Å². The van der Waals surface area contributed by atoms with E-state index in [1.54, 1.807) is 0 Å². The maximum absolute atomic E-state index is 10.3. The molecule has 1 saturated heterocycles. The van der Waals surface area contributed by atoms with Gasteiger partial charge in [-0.25, -0.2) is 0 Å². The van der Waals surface area contributed by atoms with Crippen LogP contribution in [0.25, 0.3) is 0 Å². The highest BCUT2D eigenvalue weighted by Gasteiger charge is 2.36. The Kier molecular flexibility index (Phi) is 6.61. The van der Waals surface area contributed by atoms with Gasteiger partial charge in [0.15, 0.2) is 8.32 Å². The lowest BCUT2D eigenvalue weighted by atomic mass is 10.1. The summed E-state index contributed by atoms with van der Waals surface area (Å²) >= 11 is 0. The molecule has 0 N–H and O–H groups in total. The molecular weight excluding hydrogens is 288 g/mol. The average molecular weight is 318 g/mol. The van der Waals surface area contributed by atoms with E-state index in [0.29, 0.717) is 0 Å². The molecule has 124 valence electrons. The fourth-order valence-electron chi connectivity index (χ4n) is 2.19. The van der Waals surface area contributed by atoms with Gasteiger partial charge in [-0.1, -0.05) is 20.8 Å². The second-order valence-electron chi connectivity index (χ2n) is 7.33. The fraction of sp³-hybridized carbons (Fsp3) is 1.00. The summed E-state index contributed by atoms with van der Waals surface area (Å²) < 4.78 is 6.16. The standard InChI is InChI=1S/C14H30N2O4Si/c1-14(2,3)21(4,5)19-12-6-9-15-10-7-13(8-11-15)20-16(17)18/h13H,6-12H2,1-5H3. The van der Waals surface area contributed by atoms with E-state index in [2.05, 4.69) is 43.6 Å². The van der Waals surface area contributed by atoms with Crippen molar-refractivity contribution in [2.75, 3.05) is 26.2 Å². The number of hydrogen-bond donors (Lipinski definition) is 0. The molecule has 0 aromatic heterocycles.